The molecule has 6 heteroatoms. The molecule has 0 aliphatic rings. The van der Waals surface area contributed by atoms with E-state index >= 15 is 0 Å². The van der Waals surface area contributed by atoms with Crippen LogP contribution in [0.5, 0.6) is 23.0 Å². The Morgan fingerprint density at radius 3 is 2.29 bits per heavy atom. The summed E-state index contributed by atoms with van der Waals surface area (Å²) >= 11 is 3.51. The molecule has 172 valence electrons. The van der Waals surface area contributed by atoms with Crippen LogP contribution in [0.2, 0.25) is 0 Å². The van der Waals surface area contributed by atoms with Crippen LogP contribution < -0.4 is 19.5 Å². The molecular weight excluding hydrogens is 494 g/mol. The molecule has 0 spiro atoms. The predicted octanol–water partition coefficient (Wildman–Crippen LogP) is 7.39. The van der Waals surface area contributed by atoms with Gasteiger partial charge in [0.2, 0.25) is 0 Å². The fourth-order valence-electron chi connectivity index (χ4n) is 3.33. The highest BCUT2D eigenvalue weighted by Gasteiger charge is 2.16. The lowest BCUT2D eigenvalue weighted by Crippen LogP contribution is -2.12. The van der Waals surface area contributed by atoms with Gasteiger partial charge in [0, 0.05) is 11.3 Å². The number of hydrogen-bond donors (Lipinski definition) is 1. The summed E-state index contributed by atoms with van der Waals surface area (Å²) < 4.78 is 18.0. The molecule has 4 aromatic carbocycles. The summed E-state index contributed by atoms with van der Waals surface area (Å²) in [7, 11) is 1.55. The van der Waals surface area contributed by atoms with Gasteiger partial charge in [-0.15, -0.1) is 0 Å². The van der Waals surface area contributed by atoms with Gasteiger partial charge < -0.3 is 19.5 Å². The van der Waals surface area contributed by atoms with E-state index in [1.807, 2.05) is 73.7 Å². The first kappa shape index (κ1) is 23.4. The maximum Gasteiger partial charge on any atom is 0.255 e. The predicted molar refractivity (Wildman–Crippen MR) is 137 cm³/mol. The van der Waals surface area contributed by atoms with Crippen LogP contribution in [0.1, 0.15) is 21.5 Å². The molecule has 1 amide bonds. The number of carbonyl (C=O) groups is 1. The maximum atomic E-state index is 12.9. The normalized spacial score (nSPS) is 10.4. The van der Waals surface area contributed by atoms with Gasteiger partial charge in [-0.05, 0) is 76.4 Å². The van der Waals surface area contributed by atoms with E-state index in [2.05, 4.69) is 21.2 Å². The molecule has 0 atom stereocenters. The van der Waals surface area contributed by atoms with Crippen LogP contribution in [-0.2, 0) is 6.61 Å². The van der Waals surface area contributed by atoms with Crippen LogP contribution in [0.25, 0.3) is 0 Å². The molecule has 0 saturated carbocycles. The number of nitrogens with one attached hydrogen (secondary N) is 1. The molecule has 0 heterocycles. The minimum atomic E-state index is -0.263. The number of rotatable bonds is 8. The van der Waals surface area contributed by atoms with E-state index in [0.717, 1.165) is 16.9 Å². The molecule has 0 radical (unpaired) electrons. The lowest BCUT2D eigenvalue weighted by atomic mass is 10.1. The first-order valence-corrected chi connectivity index (χ1v) is 11.5. The smallest absolute Gasteiger partial charge is 0.255 e. The number of benzene rings is 4. The maximum absolute atomic E-state index is 12.9. The van der Waals surface area contributed by atoms with Crippen LogP contribution in [0.4, 0.5) is 5.69 Å². The number of anilines is 1. The Balaban J connectivity index is 1.44. The summed E-state index contributed by atoms with van der Waals surface area (Å²) in [6.45, 7) is 2.38. The van der Waals surface area contributed by atoms with E-state index in [1.54, 1.807) is 31.4 Å². The van der Waals surface area contributed by atoms with E-state index in [9.17, 15) is 4.79 Å². The Kier molecular flexibility index (Phi) is 7.50. The van der Waals surface area contributed by atoms with Crippen molar-refractivity contribution in [1.29, 1.82) is 0 Å². The molecule has 0 aliphatic carbocycles. The lowest BCUT2D eigenvalue weighted by molar-refractivity contribution is 0.102. The molecule has 0 aromatic heterocycles. The van der Waals surface area contributed by atoms with Crippen LogP contribution >= 0.6 is 15.9 Å². The summed E-state index contributed by atoms with van der Waals surface area (Å²) in [4.78, 5) is 12.9. The number of methoxy groups -OCH3 is 1. The Morgan fingerprint density at radius 1 is 0.882 bits per heavy atom. The summed E-state index contributed by atoms with van der Waals surface area (Å²) in [6, 6.07) is 28.3. The van der Waals surface area contributed by atoms with Crippen molar-refractivity contribution in [2.45, 2.75) is 13.5 Å². The van der Waals surface area contributed by atoms with E-state index in [1.165, 1.54) is 0 Å². The van der Waals surface area contributed by atoms with Crippen LogP contribution in [0.15, 0.2) is 95.5 Å². The van der Waals surface area contributed by atoms with Gasteiger partial charge in [-0.3, -0.25) is 4.79 Å². The Morgan fingerprint density at radius 2 is 1.59 bits per heavy atom. The lowest BCUT2D eigenvalue weighted by Gasteiger charge is -2.15. The second kappa shape index (κ2) is 10.9. The molecule has 0 fully saturated rings. The highest BCUT2D eigenvalue weighted by Crippen LogP contribution is 2.37. The summed E-state index contributed by atoms with van der Waals surface area (Å²) in [6.07, 6.45) is 0. The van der Waals surface area contributed by atoms with Crippen molar-refractivity contribution in [1.82, 2.24) is 0 Å². The topological polar surface area (TPSA) is 56.8 Å². The highest BCUT2D eigenvalue weighted by molar-refractivity contribution is 9.10. The monoisotopic (exact) mass is 517 g/mol. The van der Waals surface area contributed by atoms with Gasteiger partial charge in [0.25, 0.3) is 5.91 Å². The van der Waals surface area contributed by atoms with Gasteiger partial charge in [-0.2, -0.15) is 0 Å². The fraction of sp³-hybridized carbons (Fsp3) is 0.107. The van der Waals surface area contributed by atoms with E-state index in [0.29, 0.717) is 39.6 Å². The van der Waals surface area contributed by atoms with Gasteiger partial charge in [-0.1, -0.05) is 48.5 Å². The third-order valence-electron chi connectivity index (χ3n) is 5.15. The number of halogens is 1. The standard InChI is InChI=1S/C28H24BrNO4/c1-19-8-6-7-11-25(19)34-23-14-12-22(13-15-23)30-28(31)21-16-24(29)27(26(17-21)32-2)33-18-20-9-4-3-5-10-20/h3-17H,18H2,1-2H3,(H,30,31). The second-order valence-corrected chi connectivity index (χ2v) is 8.46. The number of ether oxygens (including phenoxy) is 3. The third-order valence-corrected chi connectivity index (χ3v) is 5.74. The molecule has 5 nitrogen and oxygen atoms in total. The number of carbonyl (C=O) groups excluding carboxylic acids is 1. The van der Waals surface area contributed by atoms with Gasteiger partial charge in [-0.25, -0.2) is 0 Å². The van der Waals surface area contributed by atoms with Crippen molar-refractivity contribution < 1.29 is 19.0 Å². The van der Waals surface area contributed by atoms with Gasteiger partial charge >= 0.3 is 0 Å². The summed E-state index contributed by atoms with van der Waals surface area (Å²) in [5.41, 5.74) is 3.18. The number of aryl methyl sites for hydroxylation is 1. The minimum Gasteiger partial charge on any atom is -0.493 e. The van der Waals surface area contributed by atoms with Gasteiger partial charge in [0.05, 0.1) is 11.6 Å². The van der Waals surface area contributed by atoms with Crippen LogP contribution in [0, 0.1) is 6.92 Å². The fourth-order valence-corrected chi connectivity index (χ4v) is 3.88. The number of hydrogen-bond acceptors (Lipinski definition) is 4. The molecule has 0 unspecified atom stereocenters. The van der Waals surface area contributed by atoms with Crippen LogP contribution in [-0.4, -0.2) is 13.0 Å². The Hall–Kier alpha value is -3.77. The van der Waals surface area contributed by atoms with E-state index < -0.39 is 0 Å². The van der Waals surface area contributed by atoms with Crippen molar-refractivity contribution >= 4 is 27.5 Å². The van der Waals surface area contributed by atoms with Crippen molar-refractivity contribution in [3.63, 3.8) is 0 Å². The average Bonchev–Trinajstić information content (AvgIpc) is 2.86. The number of amides is 1. The molecular formula is C28H24BrNO4. The molecule has 4 rings (SSSR count). The van der Waals surface area contributed by atoms with Crippen molar-refractivity contribution in [2.24, 2.45) is 0 Å². The number of para-hydroxylation sites is 1. The second-order valence-electron chi connectivity index (χ2n) is 7.61. The zero-order valence-corrected chi connectivity index (χ0v) is 20.5. The largest absolute Gasteiger partial charge is 0.493 e. The first-order valence-electron chi connectivity index (χ1n) is 10.7. The molecule has 1 N–H and O–H groups in total. The third kappa shape index (κ3) is 5.77. The van der Waals surface area contributed by atoms with E-state index in [-0.39, 0.29) is 5.91 Å². The average molecular weight is 518 g/mol. The molecule has 0 aliphatic heterocycles. The molecule has 0 saturated heterocycles. The Labute approximate surface area is 207 Å². The van der Waals surface area contributed by atoms with Crippen molar-refractivity contribution in [3.05, 3.63) is 112 Å². The minimum absolute atomic E-state index is 0.263. The summed E-state index contributed by atoms with van der Waals surface area (Å²) in [5.74, 6) is 2.24. The van der Waals surface area contributed by atoms with Gasteiger partial charge in [0.15, 0.2) is 11.5 Å². The van der Waals surface area contributed by atoms with Crippen molar-refractivity contribution in [3.8, 4) is 23.0 Å². The van der Waals surface area contributed by atoms with Gasteiger partial charge in [0.1, 0.15) is 18.1 Å². The Bertz CT molecular complexity index is 1270. The van der Waals surface area contributed by atoms with Crippen LogP contribution in [0.3, 0.4) is 0 Å². The zero-order chi connectivity index (χ0) is 23.9. The molecule has 4 aromatic rings. The highest BCUT2D eigenvalue weighted by atomic mass is 79.9. The molecule has 0 bridgehead atoms. The van der Waals surface area contributed by atoms with Crippen molar-refractivity contribution in [2.75, 3.05) is 12.4 Å². The van der Waals surface area contributed by atoms with E-state index in [4.69, 9.17) is 14.2 Å². The first-order chi connectivity index (χ1) is 16.5. The molecule has 34 heavy (non-hydrogen) atoms. The SMILES string of the molecule is COc1cc(C(=O)Nc2ccc(Oc3ccccc3C)cc2)cc(Br)c1OCc1ccccc1. The summed E-state index contributed by atoms with van der Waals surface area (Å²) in [5, 5.41) is 2.90. The zero-order valence-electron chi connectivity index (χ0n) is 18.9. The quantitative estimate of drug-likeness (QED) is 0.264.